The van der Waals surface area contributed by atoms with Crippen molar-refractivity contribution >= 4 is 6.03 Å². The Morgan fingerprint density at radius 2 is 2.42 bits per heavy atom. The molecule has 1 aromatic rings. The maximum atomic E-state index is 11.3. The first-order valence-corrected chi connectivity index (χ1v) is 6.42. The highest BCUT2D eigenvalue weighted by Gasteiger charge is 2.21. The second kappa shape index (κ2) is 4.97. The molecule has 1 aromatic carbocycles. The van der Waals surface area contributed by atoms with Crippen molar-refractivity contribution in [3.05, 3.63) is 23.8 Å². The molecule has 1 fully saturated rings. The monoisotopic (exact) mass is 263 g/mol. The highest BCUT2D eigenvalue weighted by molar-refractivity contribution is 5.76. The summed E-state index contributed by atoms with van der Waals surface area (Å²) in [4.78, 5) is 13.1. The van der Waals surface area contributed by atoms with E-state index in [0.29, 0.717) is 26.3 Å². The summed E-state index contributed by atoms with van der Waals surface area (Å²) in [7, 11) is 0. The molecule has 19 heavy (non-hydrogen) atoms. The van der Waals surface area contributed by atoms with Gasteiger partial charge >= 0.3 is 6.03 Å². The van der Waals surface area contributed by atoms with E-state index in [9.17, 15) is 4.79 Å². The summed E-state index contributed by atoms with van der Waals surface area (Å²) in [6.45, 7) is 3.03. The third-order valence-corrected chi connectivity index (χ3v) is 3.38. The first kappa shape index (κ1) is 12.1. The van der Waals surface area contributed by atoms with Gasteiger partial charge in [-0.15, -0.1) is 0 Å². The minimum atomic E-state index is -0.0441. The fraction of sp³-hybridized carbons (Fsp3) is 0.462. The molecule has 2 aliphatic rings. The van der Waals surface area contributed by atoms with Crippen molar-refractivity contribution in [1.82, 2.24) is 10.2 Å². The van der Waals surface area contributed by atoms with Crippen LogP contribution >= 0.6 is 0 Å². The first-order chi connectivity index (χ1) is 9.24. The Labute approximate surface area is 111 Å². The molecule has 2 aliphatic heterocycles. The zero-order valence-electron chi connectivity index (χ0n) is 10.6. The molecule has 0 radical (unpaired) electrons. The van der Waals surface area contributed by atoms with Gasteiger partial charge in [0.1, 0.15) is 24.7 Å². The molecule has 3 rings (SSSR count). The van der Waals surface area contributed by atoms with Crippen molar-refractivity contribution in [3.8, 4) is 11.5 Å². The fourth-order valence-corrected chi connectivity index (χ4v) is 2.30. The fourth-order valence-electron chi connectivity index (χ4n) is 2.30. The van der Waals surface area contributed by atoms with Gasteiger partial charge in [0.15, 0.2) is 0 Å². The lowest BCUT2D eigenvalue weighted by molar-refractivity contribution is 0.202. The Morgan fingerprint density at radius 1 is 1.53 bits per heavy atom. The van der Waals surface area contributed by atoms with Crippen molar-refractivity contribution in [2.24, 2.45) is 5.73 Å². The van der Waals surface area contributed by atoms with E-state index in [4.69, 9.17) is 15.2 Å². The van der Waals surface area contributed by atoms with E-state index in [1.165, 1.54) is 0 Å². The highest BCUT2D eigenvalue weighted by atomic mass is 16.5. The number of rotatable bonds is 4. The molecular formula is C13H17N3O3. The van der Waals surface area contributed by atoms with E-state index in [0.717, 1.165) is 23.6 Å². The van der Waals surface area contributed by atoms with Gasteiger partial charge in [0.25, 0.3) is 0 Å². The van der Waals surface area contributed by atoms with Gasteiger partial charge in [0.05, 0.1) is 12.6 Å². The van der Waals surface area contributed by atoms with Crippen molar-refractivity contribution in [3.63, 3.8) is 0 Å². The van der Waals surface area contributed by atoms with Gasteiger partial charge in [0, 0.05) is 24.7 Å². The van der Waals surface area contributed by atoms with Crippen LogP contribution in [0.4, 0.5) is 4.79 Å². The highest BCUT2D eigenvalue weighted by Crippen LogP contribution is 2.33. The van der Waals surface area contributed by atoms with Crippen molar-refractivity contribution < 1.29 is 14.3 Å². The molecule has 0 aromatic heterocycles. The Morgan fingerprint density at radius 3 is 3.21 bits per heavy atom. The number of hydrogen-bond donors (Lipinski definition) is 2. The number of nitrogens with zero attached hydrogens (tertiary/aromatic N) is 1. The van der Waals surface area contributed by atoms with Crippen LogP contribution in [0.2, 0.25) is 0 Å². The quantitative estimate of drug-likeness (QED) is 0.828. The van der Waals surface area contributed by atoms with Gasteiger partial charge in [-0.1, -0.05) is 0 Å². The molecule has 6 nitrogen and oxygen atoms in total. The van der Waals surface area contributed by atoms with Crippen LogP contribution in [-0.2, 0) is 0 Å². The Bertz CT molecular complexity index is 492. The van der Waals surface area contributed by atoms with Gasteiger partial charge in [-0.2, -0.15) is 0 Å². The molecular weight excluding hydrogens is 246 g/mol. The predicted molar refractivity (Wildman–Crippen MR) is 69.3 cm³/mol. The molecule has 0 saturated carbocycles. The number of amides is 2. The topological polar surface area (TPSA) is 76.8 Å². The van der Waals surface area contributed by atoms with Crippen LogP contribution in [0.5, 0.6) is 11.5 Å². The summed E-state index contributed by atoms with van der Waals surface area (Å²) in [5.41, 5.74) is 6.90. The number of nitrogens with two attached hydrogens (primary N) is 1. The van der Waals surface area contributed by atoms with Crippen LogP contribution in [-0.4, -0.2) is 43.8 Å². The van der Waals surface area contributed by atoms with Crippen molar-refractivity contribution in [2.45, 2.75) is 6.04 Å². The molecule has 0 aliphatic carbocycles. The molecule has 2 amide bonds. The number of carbonyl (C=O) groups is 1. The summed E-state index contributed by atoms with van der Waals surface area (Å²) in [6, 6.07) is 5.61. The van der Waals surface area contributed by atoms with Crippen molar-refractivity contribution in [1.29, 1.82) is 0 Å². The third-order valence-electron chi connectivity index (χ3n) is 3.38. The number of urea groups is 1. The van der Waals surface area contributed by atoms with Crippen LogP contribution < -0.4 is 20.5 Å². The van der Waals surface area contributed by atoms with Crippen LogP contribution in [0.15, 0.2) is 18.2 Å². The molecule has 3 N–H and O–H groups in total. The second-order valence-corrected chi connectivity index (χ2v) is 4.68. The van der Waals surface area contributed by atoms with Gasteiger partial charge < -0.3 is 25.4 Å². The van der Waals surface area contributed by atoms with Gasteiger partial charge in [0.2, 0.25) is 0 Å². The van der Waals surface area contributed by atoms with Crippen LogP contribution in [0.25, 0.3) is 0 Å². The lowest BCUT2D eigenvalue weighted by Gasteiger charge is -2.14. The summed E-state index contributed by atoms with van der Waals surface area (Å²) < 4.78 is 11.1. The Balaban J connectivity index is 1.54. The lowest BCUT2D eigenvalue weighted by atomic mass is 10.1. The molecule has 102 valence electrons. The van der Waals surface area contributed by atoms with E-state index >= 15 is 0 Å². The SMILES string of the molecule is NC1COc2cc(OCCN3CCNC3=O)ccc21. The number of fused-ring (bicyclic) bond motifs is 1. The number of benzene rings is 1. The van der Waals surface area contributed by atoms with E-state index in [1.807, 2.05) is 18.2 Å². The number of carbonyl (C=O) groups excluding carboxylic acids is 1. The Kier molecular flexibility index (Phi) is 3.16. The van der Waals surface area contributed by atoms with Gasteiger partial charge in [-0.25, -0.2) is 4.79 Å². The normalized spacial score (nSPS) is 21.0. The zero-order chi connectivity index (χ0) is 13.2. The van der Waals surface area contributed by atoms with Crippen molar-refractivity contribution in [2.75, 3.05) is 32.8 Å². The summed E-state index contributed by atoms with van der Waals surface area (Å²) in [6.07, 6.45) is 0. The minimum absolute atomic E-state index is 0.0214. The van der Waals surface area contributed by atoms with E-state index in [1.54, 1.807) is 4.90 Å². The molecule has 0 spiro atoms. The molecule has 0 bridgehead atoms. The van der Waals surface area contributed by atoms with Crippen LogP contribution in [0, 0.1) is 0 Å². The third kappa shape index (κ3) is 2.44. The average Bonchev–Trinajstić information content (AvgIpc) is 2.97. The van der Waals surface area contributed by atoms with E-state index < -0.39 is 0 Å². The Hall–Kier alpha value is -1.95. The number of nitrogens with one attached hydrogen (secondary N) is 1. The summed E-state index contributed by atoms with van der Waals surface area (Å²) in [5, 5.41) is 2.75. The smallest absolute Gasteiger partial charge is 0.317 e. The lowest BCUT2D eigenvalue weighted by Crippen LogP contribution is -2.31. The molecule has 6 heteroatoms. The average molecular weight is 263 g/mol. The largest absolute Gasteiger partial charge is 0.492 e. The second-order valence-electron chi connectivity index (χ2n) is 4.68. The number of hydrogen-bond acceptors (Lipinski definition) is 4. The molecule has 2 heterocycles. The molecule has 1 unspecified atom stereocenters. The van der Waals surface area contributed by atoms with Gasteiger partial charge in [-0.05, 0) is 12.1 Å². The number of ether oxygens (including phenoxy) is 2. The summed E-state index contributed by atoms with van der Waals surface area (Å²) >= 11 is 0. The molecule has 1 atom stereocenters. The minimum Gasteiger partial charge on any atom is -0.492 e. The maximum absolute atomic E-state index is 11.3. The summed E-state index contributed by atoms with van der Waals surface area (Å²) in [5.74, 6) is 1.54. The van der Waals surface area contributed by atoms with E-state index in [-0.39, 0.29) is 12.1 Å². The first-order valence-electron chi connectivity index (χ1n) is 6.42. The van der Waals surface area contributed by atoms with Crippen LogP contribution in [0.3, 0.4) is 0 Å². The van der Waals surface area contributed by atoms with Gasteiger partial charge in [-0.3, -0.25) is 0 Å². The predicted octanol–water partition coefficient (Wildman–Crippen LogP) is 0.483. The molecule has 1 saturated heterocycles. The zero-order valence-corrected chi connectivity index (χ0v) is 10.6. The standard InChI is InChI=1S/C13H17N3O3/c14-11-8-19-12-7-9(1-2-10(11)12)18-6-5-16-4-3-15-13(16)17/h1-2,7,11H,3-6,8,14H2,(H,15,17). The van der Waals surface area contributed by atoms with Crippen LogP contribution in [0.1, 0.15) is 11.6 Å². The maximum Gasteiger partial charge on any atom is 0.317 e. The van der Waals surface area contributed by atoms with E-state index in [2.05, 4.69) is 5.32 Å².